The van der Waals surface area contributed by atoms with Gasteiger partial charge in [-0.25, -0.2) is 0 Å². The monoisotopic (exact) mass is 456 g/mol. The van der Waals surface area contributed by atoms with E-state index in [0.29, 0.717) is 99.1 Å². The molecular weight excluding hydrogens is 412 g/mol. The van der Waals surface area contributed by atoms with E-state index in [-0.39, 0.29) is 18.6 Å². The highest BCUT2D eigenvalue weighted by molar-refractivity contribution is 4.77. The van der Waals surface area contributed by atoms with Crippen LogP contribution in [0, 0.1) is 5.41 Å². The van der Waals surface area contributed by atoms with Gasteiger partial charge in [0.15, 0.2) is 0 Å². The number of aliphatic hydroxyl groups is 2. The minimum absolute atomic E-state index is 0.000279. The van der Waals surface area contributed by atoms with Crippen LogP contribution in [0.4, 0.5) is 0 Å². The molecule has 10 nitrogen and oxygen atoms in total. The van der Waals surface area contributed by atoms with Gasteiger partial charge in [0, 0.05) is 12.5 Å². The van der Waals surface area contributed by atoms with Crippen molar-refractivity contribution in [3.05, 3.63) is 0 Å². The fraction of sp³-hybridized carbons (Fsp3) is 1.00. The number of ether oxygens (including phenoxy) is 8. The number of rotatable bonds is 26. The second-order valence-electron chi connectivity index (χ2n) is 6.90. The molecule has 0 saturated carbocycles. The molecule has 0 aromatic heterocycles. The minimum Gasteiger partial charge on any atom is -0.394 e. The van der Waals surface area contributed by atoms with Crippen molar-refractivity contribution < 1.29 is 48.1 Å². The highest BCUT2D eigenvalue weighted by Crippen LogP contribution is 2.24. The van der Waals surface area contributed by atoms with Gasteiger partial charge in [0.25, 0.3) is 0 Å². The van der Waals surface area contributed by atoms with E-state index in [9.17, 15) is 0 Å². The third kappa shape index (κ3) is 20.0. The van der Waals surface area contributed by atoms with Gasteiger partial charge in [-0.15, -0.1) is 0 Å². The minimum atomic E-state index is -0.294. The summed E-state index contributed by atoms with van der Waals surface area (Å²) in [6.07, 6.45) is 0.816. The fourth-order valence-electron chi connectivity index (χ4n) is 2.45. The lowest BCUT2D eigenvalue weighted by Crippen LogP contribution is -2.38. The summed E-state index contributed by atoms with van der Waals surface area (Å²) in [6.45, 7) is 8.98. The quantitative estimate of drug-likeness (QED) is 0.174. The standard InChI is InChI=1S/C21H44O10/c1-3-21(18-29-15-12-25-6-4-22,19-30-16-13-26-7-5-23)20-31-17-14-28-11-10-27-9-8-24-2/h22-23H,3-20H2,1-2H3. The van der Waals surface area contributed by atoms with Gasteiger partial charge in [-0.2, -0.15) is 0 Å². The van der Waals surface area contributed by atoms with Crippen LogP contribution in [0.2, 0.25) is 0 Å². The van der Waals surface area contributed by atoms with Crippen LogP contribution in [-0.4, -0.2) is 130 Å². The average molecular weight is 457 g/mol. The summed E-state index contributed by atoms with van der Waals surface area (Å²) < 4.78 is 43.6. The van der Waals surface area contributed by atoms with Crippen molar-refractivity contribution in [3.63, 3.8) is 0 Å². The van der Waals surface area contributed by atoms with Gasteiger partial charge in [0.2, 0.25) is 0 Å². The van der Waals surface area contributed by atoms with Crippen LogP contribution in [0.1, 0.15) is 13.3 Å². The summed E-state index contributed by atoms with van der Waals surface area (Å²) in [4.78, 5) is 0. The third-order valence-corrected chi connectivity index (χ3v) is 4.37. The molecule has 0 unspecified atom stereocenters. The molecule has 0 aromatic rings. The Hall–Kier alpha value is -0.400. The zero-order valence-electron chi connectivity index (χ0n) is 19.4. The summed E-state index contributed by atoms with van der Waals surface area (Å²) in [5.74, 6) is 0. The summed E-state index contributed by atoms with van der Waals surface area (Å²) >= 11 is 0. The molecule has 0 rings (SSSR count). The molecule has 0 saturated heterocycles. The van der Waals surface area contributed by atoms with Gasteiger partial charge in [-0.05, 0) is 6.42 Å². The smallest absolute Gasteiger partial charge is 0.0701 e. The Labute approximate surface area is 187 Å². The van der Waals surface area contributed by atoms with Crippen molar-refractivity contribution in [1.82, 2.24) is 0 Å². The number of aliphatic hydroxyl groups excluding tert-OH is 2. The number of hydrogen-bond donors (Lipinski definition) is 2. The maximum absolute atomic E-state index is 8.74. The molecule has 0 aliphatic rings. The zero-order chi connectivity index (χ0) is 22.9. The molecule has 188 valence electrons. The predicted octanol–water partition coefficient (Wildman–Crippen LogP) is 0.130. The van der Waals surface area contributed by atoms with Crippen LogP contribution >= 0.6 is 0 Å². The molecule has 0 amide bonds. The van der Waals surface area contributed by atoms with Crippen LogP contribution in [0.5, 0.6) is 0 Å². The van der Waals surface area contributed by atoms with Gasteiger partial charge < -0.3 is 48.1 Å². The van der Waals surface area contributed by atoms with Gasteiger partial charge >= 0.3 is 0 Å². The Balaban J connectivity index is 4.15. The first kappa shape index (κ1) is 30.6. The zero-order valence-corrected chi connectivity index (χ0v) is 19.4. The van der Waals surface area contributed by atoms with E-state index in [2.05, 4.69) is 6.92 Å². The summed E-state index contributed by atoms with van der Waals surface area (Å²) in [5.41, 5.74) is -0.294. The first-order chi connectivity index (χ1) is 15.2. The van der Waals surface area contributed by atoms with Gasteiger partial charge in [-0.3, -0.25) is 0 Å². The second kappa shape index (κ2) is 24.2. The molecule has 0 radical (unpaired) electrons. The molecule has 31 heavy (non-hydrogen) atoms. The van der Waals surface area contributed by atoms with Crippen LogP contribution in [0.25, 0.3) is 0 Å². The molecule has 0 heterocycles. The van der Waals surface area contributed by atoms with E-state index in [1.807, 2.05) is 0 Å². The topological polar surface area (TPSA) is 114 Å². The Morgan fingerprint density at radius 1 is 0.484 bits per heavy atom. The third-order valence-electron chi connectivity index (χ3n) is 4.37. The molecule has 0 spiro atoms. The van der Waals surface area contributed by atoms with Crippen molar-refractivity contribution in [1.29, 1.82) is 0 Å². The van der Waals surface area contributed by atoms with Crippen molar-refractivity contribution in [2.45, 2.75) is 13.3 Å². The average Bonchev–Trinajstić information content (AvgIpc) is 2.79. The van der Waals surface area contributed by atoms with Crippen LogP contribution in [0.3, 0.4) is 0 Å². The number of hydrogen-bond acceptors (Lipinski definition) is 10. The molecule has 0 aliphatic heterocycles. The van der Waals surface area contributed by atoms with Crippen molar-refractivity contribution in [2.75, 3.05) is 119 Å². The van der Waals surface area contributed by atoms with E-state index < -0.39 is 0 Å². The largest absolute Gasteiger partial charge is 0.394 e. The molecule has 0 aliphatic carbocycles. The molecule has 2 N–H and O–H groups in total. The predicted molar refractivity (Wildman–Crippen MR) is 115 cm³/mol. The van der Waals surface area contributed by atoms with E-state index >= 15 is 0 Å². The molecule has 0 aromatic carbocycles. The Kier molecular flexibility index (Phi) is 23.9. The lowest BCUT2D eigenvalue weighted by Gasteiger charge is -2.32. The SMILES string of the molecule is CCC(COCCOCCO)(COCCOCCO)COCCOCCOCCOC. The number of methoxy groups -OCH3 is 1. The molecule has 10 heteroatoms. The maximum Gasteiger partial charge on any atom is 0.0701 e. The van der Waals surface area contributed by atoms with Gasteiger partial charge in [0.1, 0.15) is 0 Å². The first-order valence-corrected chi connectivity index (χ1v) is 11.0. The summed E-state index contributed by atoms with van der Waals surface area (Å²) in [5, 5.41) is 17.5. The summed E-state index contributed by atoms with van der Waals surface area (Å²) in [6, 6.07) is 0. The van der Waals surface area contributed by atoms with E-state index in [4.69, 9.17) is 48.1 Å². The van der Waals surface area contributed by atoms with E-state index in [1.54, 1.807) is 7.11 Å². The normalized spacial score (nSPS) is 12.0. The molecular formula is C21H44O10. The maximum atomic E-state index is 8.74. The Morgan fingerprint density at radius 2 is 0.806 bits per heavy atom. The van der Waals surface area contributed by atoms with Crippen molar-refractivity contribution >= 4 is 0 Å². The van der Waals surface area contributed by atoms with Crippen LogP contribution in [0.15, 0.2) is 0 Å². The van der Waals surface area contributed by atoms with Crippen LogP contribution in [-0.2, 0) is 37.9 Å². The lowest BCUT2D eigenvalue weighted by atomic mass is 9.88. The van der Waals surface area contributed by atoms with Crippen molar-refractivity contribution in [3.8, 4) is 0 Å². The Bertz CT molecular complexity index is 330. The van der Waals surface area contributed by atoms with Crippen LogP contribution < -0.4 is 0 Å². The lowest BCUT2D eigenvalue weighted by molar-refractivity contribution is -0.0910. The molecule has 0 atom stereocenters. The van der Waals surface area contributed by atoms with Gasteiger partial charge in [-0.1, -0.05) is 6.92 Å². The summed E-state index contributed by atoms with van der Waals surface area (Å²) in [7, 11) is 1.64. The highest BCUT2D eigenvalue weighted by Gasteiger charge is 2.29. The second-order valence-corrected chi connectivity index (χ2v) is 6.90. The molecule has 0 bridgehead atoms. The van der Waals surface area contributed by atoms with E-state index in [1.165, 1.54) is 0 Å². The van der Waals surface area contributed by atoms with Crippen molar-refractivity contribution in [2.24, 2.45) is 5.41 Å². The van der Waals surface area contributed by atoms with Gasteiger partial charge in [0.05, 0.1) is 112 Å². The molecule has 0 fully saturated rings. The first-order valence-electron chi connectivity index (χ1n) is 11.0. The highest BCUT2D eigenvalue weighted by atomic mass is 16.6. The Morgan fingerprint density at radius 3 is 1.13 bits per heavy atom. The fourth-order valence-corrected chi connectivity index (χ4v) is 2.45. The van der Waals surface area contributed by atoms with E-state index in [0.717, 1.165) is 6.42 Å².